The van der Waals surface area contributed by atoms with Gasteiger partial charge in [0, 0.05) is 38.4 Å². The number of aryl methyl sites for hydroxylation is 2. The molecule has 4 rings (SSSR count). The minimum Gasteiger partial charge on any atom is -0.492 e. The molecule has 1 saturated heterocycles. The second-order valence-electron chi connectivity index (χ2n) is 9.11. The topological polar surface area (TPSA) is 59.8 Å². The fourth-order valence-corrected chi connectivity index (χ4v) is 4.49. The zero-order chi connectivity index (χ0) is 24.0. The maximum Gasteiger partial charge on any atom is 0.138 e. The largest absolute Gasteiger partial charge is 0.492 e. The van der Waals surface area contributed by atoms with Crippen molar-refractivity contribution >= 4 is 11.6 Å². The first-order valence-corrected chi connectivity index (χ1v) is 12.4. The van der Waals surface area contributed by atoms with E-state index in [0.29, 0.717) is 30.2 Å². The fraction of sp³-hybridized carbons (Fsp3) is 0.444. The summed E-state index contributed by atoms with van der Waals surface area (Å²) in [4.78, 5) is 6.72. The van der Waals surface area contributed by atoms with Gasteiger partial charge in [-0.1, -0.05) is 36.7 Å². The van der Waals surface area contributed by atoms with Crippen LogP contribution in [0.25, 0.3) is 0 Å². The van der Waals surface area contributed by atoms with Crippen LogP contribution in [0.3, 0.4) is 0 Å². The van der Waals surface area contributed by atoms with Crippen molar-refractivity contribution in [3.63, 3.8) is 0 Å². The Kier molecular flexibility index (Phi) is 8.14. The molecule has 0 aliphatic carbocycles. The highest BCUT2D eigenvalue weighted by molar-refractivity contribution is 6.32. The van der Waals surface area contributed by atoms with Gasteiger partial charge in [0.05, 0.1) is 11.6 Å². The number of hydrogen-bond acceptors (Lipinski definition) is 5. The molecule has 0 radical (unpaired) electrons. The van der Waals surface area contributed by atoms with Crippen LogP contribution in [-0.2, 0) is 19.5 Å². The maximum atomic E-state index is 11.0. The van der Waals surface area contributed by atoms with Gasteiger partial charge in [0.25, 0.3) is 0 Å². The predicted molar refractivity (Wildman–Crippen MR) is 135 cm³/mol. The molecule has 0 amide bonds. The van der Waals surface area contributed by atoms with Gasteiger partial charge < -0.3 is 19.1 Å². The van der Waals surface area contributed by atoms with E-state index < -0.39 is 5.60 Å². The Morgan fingerprint density at radius 3 is 2.74 bits per heavy atom. The third kappa shape index (κ3) is 6.53. The molecule has 1 aromatic heterocycles. The fourth-order valence-electron chi connectivity index (χ4n) is 4.32. The lowest BCUT2D eigenvalue weighted by Crippen LogP contribution is -2.47. The van der Waals surface area contributed by atoms with Crippen molar-refractivity contribution < 1.29 is 14.6 Å². The van der Waals surface area contributed by atoms with E-state index in [1.54, 1.807) is 0 Å². The van der Waals surface area contributed by atoms with Gasteiger partial charge in [-0.15, -0.1) is 0 Å². The molecule has 0 spiro atoms. The first-order chi connectivity index (χ1) is 16.4. The summed E-state index contributed by atoms with van der Waals surface area (Å²) in [5.41, 5.74) is 1.46. The summed E-state index contributed by atoms with van der Waals surface area (Å²) in [5.74, 6) is 2.59. The number of hydrogen-bond donors (Lipinski definition) is 1. The number of piperidine rings is 1. The molecule has 1 N–H and O–H groups in total. The second kappa shape index (κ2) is 11.3. The Morgan fingerprint density at radius 1 is 1.12 bits per heavy atom. The van der Waals surface area contributed by atoms with Gasteiger partial charge in [-0.25, -0.2) is 4.98 Å². The van der Waals surface area contributed by atoms with Crippen molar-refractivity contribution in [3.8, 4) is 11.5 Å². The van der Waals surface area contributed by atoms with Gasteiger partial charge in [0.15, 0.2) is 0 Å². The van der Waals surface area contributed by atoms with Crippen LogP contribution in [0.4, 0.5) is 0 Å². The van der Waals surface area contributed by atoms with Crippen molar-refractivity contribution in [1.29, 1.82) is 0 Å². The van der Waals surface area contributed by atoms with Gasteiger partial charge in [0.1, 0.15) is 36.1 Å². The molecular formula is C27H34ClN3O3. The minimum atomic E-state index is -0.834. The van der Waals surface area contributed by atoms with Crippen molar-refractivity contribution in [3.05, 3.63) is 76.8 Å². The monoisotopic (exact) mass is 483 g/mol. The highest BCUT2D eigenvalue weighted by atomic mass is 35.5. The smallest absolute Gasteiger partial charge is 0.138 e. The number of halogens is 1. The molecule has 1 aliphatic heterocycles. The normalized spacial score (nSPS) is 15.9. The summed E-state index contributed by atoms with van der Waals surface area (Å²) in [6.07, 6.45) is 6.08. The Balaban J connectivity index is 1.24. The zero-order valence-electron chi connectivity index (χ0n) is 20.0. The molecule has 2 aromatic carbocycles. The van der Waals surface area contributed by atoms with Gasteiger partial charge in [-0.3, -0.25) is 4.90 Å². The lowest BCUT2D eigenvalue weighted by atomic mass is 9.92. The Bertz CT molecular complexity index is 1080. The summed E-state index contributed by atoms with van der Waals surface area (Å²) in [7, 11) is 0. The van der Waals surface area contributed by atoms with E-state index in [-0.39, 0.29) is 6.61 Å². The second-order valence-corrected chi connectivity index (χ2v) is 9.52. The van der Waals surface area contributed by atoms with Crippen molar-refractivity contribution in [1.82, 2.24) is 14.5 Å². The van der Waals surface area contributed by atoms with Crippen molar-refractivity contribution in [2.75, 3.05) is 26.3 Å². The van der Waals surface area contributed by atoms with Crippen LogP contribution in [0.2, 0.25) is 5.02 Å². The number of aliphatic hydroxyl groups is 1. The van der Waals surface area contributed by atoms with E-state index in [4.69, 9.17) is 21.1 Å². The number of aromatic nitrogens is 2. The number of rotatable bonds is 10. The van der Waals surface area contributed by atoms with Crippen molar-refractivity contribution in [2.45, 2.75) is 51.8 Å². The molecule has 0 saturated carbocycles. The predicted octanol–water partition coefficient (Wildman–Crippen LogP) is 4.89. The Hall–Kier alpha value is -2.54. The van der Waals surface area contributed by atoms with Crippen LogP contribution in [-0.4, -0.2) is 51.5 Å². The molecule has 6 nitrogen and oxygen atoms in total. The third-order valence-corrected chi connectivity index (χ3v) is 6.71. The van der Waals surface area contributed by atoms with Crippen LogP contribution >= 0.6 is 11.6 Å². The molecular weight excluding hydrogens is 450 g/mol. The summed E-state index contributed by atoms with van der Waals surface area (Å²) >= 11 is 6.23. The zero-order valence-corrected chi connectivity index (χ0v) is 20.8. The van der Waals surface area contributed by atoms with Gasteiger partial charge in [-0.2, -0.15) is 0 Å². The quantitative estimate of drug-likeness (QED) is 0.445. The molecule has 3 aromatic rings. The van der Waals surface area contributed by atoms with E-state index in [1.165, 1.54) is 5.56 Å². The summed E-state index contributed by atoms with van der Waals surface area (Å²) < 4.78 is 14.0. The molecule has 34 heavy (non-hydrogen) atoms. The van der Waals surface area contributed by atoms with E-state index >= 15 is 0 Å². The summed E-state index contributed by atoms with van der Waals surface area (Å²) in [6, 6.07) is 14.0. The highest BCUT2D eigenvalue weighted by Crippen LogP contribution is 2.29. The van der Waals surface area contributed by atoms with E-state index in [0.717, 1.165) is 49.7 Å². The summed E-state index contributed by atoms with van der Waals surface area (Å²) in [5, 5.41) is 11.6. The van der Waals surface area contributed by atoms with Gasteiger partial charge in [-0.05, 0) is 55.2 Å². The molecule has 2 heterocycles. The molecule has 0 unspecified atom stereocenters. The number of likely N-dealkylation sites (tertiary alicyclic amines) is 1. The Labute approximate surface area is 207 Å². The number of nitrogens with zero attached hydrogens (tertiary/aromatic N) is 3. The first kappa shape index (κ1) is 24.6. The van der Waals surface area contributed by atoms with E-state index in [1.807, 2.05) is 49.6 Å². The minimum absolute atomic E-state index is 0.254. The van der Waals surface area contributed by atoms with Crippen LogP contribution in [0.5, 0.6) is 11.5 Å². The average Bonchev–Trinajstić information content (AvgIpc) is 3.29. The SMILES string of the molecule is CCc1nccn1CCOc1cccc(CN2CCC(O)(COc3cc(C)ccc3Cl)CC2)c1. The molecule has 1 fully saturated rings. The van der Waals surface area contributed by atoms with Crippen molar-refractivity contribution in [2.24, 2.45) is 0 Å². The standard InChI is InChI=1S/C27H34ClN3O3/c1-3-26-29-11-14-31(26)15-16-33-23-6-4-5-22(18-23)19-30-12-9-27(32,10-13-30)20-34-25-17-21(2)7-8-24(25)28/h4-8,11,14,17-18,32H,3,9-10,12-13,15-16,19-20H2,1-2H3. The lowest BCUT2D eigenvalue weighted by molar-refractivity contribution is -0.0537. The van der Waals surface area contributed by atoms with Gasteiger partial charge in [0.2, 0.25) is 0 Å². The van der Waals surface area contributed by atoms with E-state index in [2.05, 4.69) is 33.5 Å². The van der Waals surface area contributed by atoms with E-state index in [9.17, 15) is 5.11 Å². The van der Waals surface area contributed by atoms with Crippen LogP contribution < -0.4 is 9.47 Å². The van der Waals surface area contributed by atoms with Crippen LogP contribution in [0.15, 0.2) is 54.9 Å². The van der Waals surface area contributed by atoms with Crippen LogP contribution in [0.1, 0.15) is 36.7 Å². The Morgan fingerprint density at radius 2 is 1.94 bits per heavy atom. The summed E-state index contributed by atoms with van der Waals surface area (Å²) in [6.45, 7) is 8.21. The third-order valence-electron chi connectivity index (χ3n) is 6.39. The number of ether oxygens (including phenoxy) is 2. The molecule has 7 heteroatoms. The molecule has 0 bridgehead atoms. The average molecular weight is 484 g/mol. The highest BCUT2D eigenvalue weighted by Gasteiger charge is 2.33. The number of imidazole rings is 1. The van der Waals surface area contributed by atoms with Crippen LogP contribution in [0, 0.1) is 6.92 Å². The number of benzene rings is 2. The van der Waals surface area contributed by atoms with Gasteiger partial charge >= 0.3 is 0 Å². The first-order valence-electron chi connectivity index (χ1n) is 12.0. The molecule has 0 atom stereocenters. The maximum absolute atomic E-state index is 11.0. The molecule has 1 aliphatic rings. The lowest BCUT2D eigenvalue weighted by Gasteiger charge is -2.38. The molecule has 182 valence electrons.